The Balaban J connectivity index is 2.30. The van der Waals surface area contributed by atoms with Crippen molar-refractivity contribution in [1.82, 2.24) is 9.97 Å². The largest absolute Gasteiger partial charge is 0.369 e. The molecule has 17 heavy (non-hydrogen) atoms. The molecule has 0 saturated heterocycles. The van der Waals surface area contributed by atoms with Gasteiger partial charge in [0.1, 0.15) is 5.82 Å². The summed E-state index contributed by atoms with van der Waals surface area (Å²) in [6.07, 6.45) is 2.85. The molecular weight excluding hydrogens is 366 g/mol. The van der Waals surface area contributed by atoms with Crippen molar-refractivity contribution in [2.75, 3.05) is 11.9 Å². The van der Waals surface area contributed by atoms with Gasteiger partial charge in [0.15, 0.2) is 5.82 Å². The van der Waals surface area contributed by atoms with E-state index in [0.29, 0.717) is 0 Å². The lowest BCUT2D eigenvalue weighted by Crippen LogP contribution is -2.04. The SMILES string of the molecule is CCCNc1nc(-c2ccc(Br)s2)ncc1Br. The summed E-state index contributed by atoms with van der Waals surface area (Å²) in [6, 6.07) is 4.02. The van der Waals surface area contributed by atoms with Crippen LogP contribution >= 0.6 is 43.2 Å². The number of aromatic nitrogens is 2. The topological polar surface area (TPSA) is 37.8 Å². The van der Waals surface area contributed by atoms with Crippen molar-refractivity contribution < 1.29 is 0 Å². The number of nitrogens with one attached hydrogen (secondary N) is 1. The molecule has 0 aliphatic heterocycles. The van der Waals surface area contributed by atoms with E-state index in [0.717, 1.165) is 37.7 Å². The van der Waals surface area contributed by atoms with E-state index in [4.69, 9.17) is 0 Å². The monoisotopic (exact) mass is 375 g/mol. The van der Waals surface area contributed by atoms with E-state index in [-0.39, 0.29) is 0 Å². The van der Waals surface area contributed by atoms with Crippen LogP contribution in [0, 0.1) is 0 Å². The first-order valence-electron chi connectivity index (χ1n) is 5.23. The minimum Gasteiger partial charge on any atom is -0.369 e. The van der Waals surface area contributed by atoms with Gasteiger partial charge >= 0.3 is 0 Å². The maximum Gasteiger partial charge on any atom is 0.171 e. The maximum atomic E-state index is 4.51. The molecule has 0 saturated carbocycles. The summed E-state index contributed by atoms with van der Waals surface area (Å²) < 4.78 is 1.98. The minimum absolute atomic E-state index is 0.752. The summed E-state index contributed by atoms with van der Waals surface area (Å²) in [4.78, 5) is 9.90. The second-order valence-corrected chi connectivity index (χ2v) is 6.74. The summed E-state index contributed by atoms with van der Waals surface area (Å²) in [5.41, 5.74) is 0. The fourth-order valence-electron chi connectivity index (χ4n) is 1.29. The van der Waals surface area contributed by atoms with Crippen molar-refractivity contribution in [3.63, 3.8) is 0 Å². The van der Waals surface area contributed by atoms with Crippen LogP contribution in [0.5, 0.6) is 0 Å². The summed E-state index contributed by atoms with van der Waals surface area (Å²) in [5.74, 6) is 1.60. The molecule has 0 amide bonds. The zero-order valence-corrected chi connectivity index (χ0v) is 13.2. The second-order valence-electron chi connectivity index (χ2n) is 3.42. The van der Waals surface area contributed by atoms with Crippen LogP contribution in [0.15, 0.2) is 26.6 Å². The Labute approximate surface area is 121 Å². The third kappa shape index (κ3) is 3.26. The van der Waals surface area contributed by atoms with E-state index in [2.05, 4.69) is 54.1 Å². The van der Waals surface area contributed by atoms with Gasteiger partial charge < -0.3 is 5.32 Å². The zero-order chi connectivity index (χ0) is 12.3. The molecule has 0 aromatic carbocycles. The van der Waals surface area contributed by atoms with E-state index in [1.165, 1.54) is 0 Å². The van der Waals surface area contributed by atoms with Gasteiger partial charge in [0.2, 0.25) is 0 Å². The molecule has 3 nitrogen and oxygen atoms in total. The minimum atomic E-state index is 0.752. The lowest BCUT2D eigenvalue weighted by Gasteiger charge is -2.06. The first-order chi connectivity index (χ1) is 8.20. The Hall–Kier alpha value is -0.460. The van der Waals surface area contributed by atoms with Crippen molar-refractivity contribution in [1.29, 1.82) is 0 Å². The highest BCUT2D eigenvalue weighted by atomic mass is 79.9. The Bertz CT molecular complexity index is 513. The van der Waals surface area contributed by atoms with Crippen LogP contribution in [0.4, 0.5) is 5.82 Å². The smallest absolute Gasteiger partial charge is 0.171 e. The van der Waals surface area contributed by atoms with Gasteiger partial charge in [-0.25, -0.2) is 9.97 Å². The fourth-order valence-corrected chi connectivity index (χ4v) is 2.95. The lowest BCUT2D eigenvalue weighted by molar-refractivity contribution is 0.963. The number of hydrogen-bond donors (Lipinski definition) is 1. The van der Waals surface area contributed by atoms with Crippen LogP contribution in [-0.2, 0) is 0 Å². The second kappa shape index (κ2) is 5.93. The molecule has 1 N–H and O–H groups in total. The molecule has 0 unspecified atom stereocenters. The molecule has 2 aromatic heterocycles. The van der Waals surface area contributed by atoms with Crippen LogP contribution in [-0.4, -0.2) is 16.5 Å². The van der Waals surface area contributed by atoms with Gasteiger partial charge in [-0.1, -0.05) is 6.92 Å². The first-order valence-corrected chi connectivity index (χ1v) is 7.63. The number of anilines is 1. The Kier molecular flexibility index (Phi) is 4.53. The standard InChI is InChI=1S/C11H11Br2N3S/c1-2-5-14-10-7(12)6-15-11(16-10)8-3-4-9(13)17-8/h3-4,6H,2,5H2,1H3,(H,14,15,16). The van der Waals surface area contributed by atoms with Crippen molar-refractivity contribution in [3.05, 3.63) is 26.6 Å². The van der Waals surface area contributed by atoms with Crippen molar-refractivity contribution in [2.24, 2.45) is 0 Å². The average molecular weight is 377 g/mol. The number of hydrogen-bond acceptors (Lipinski definition) is 4. The first kappa shape index (κ1) is 13.0. The molecule has 0 fully saturated rings. The number of rotatable bonds is 4. The van der Waals surface area contributed by atoms with Gasteiger partial charge in [-0.2, -0.15) is 0 Å². The molecule has 0 bridgehead atoms. The molecule has 0 atom stereocenters. The predicted molar refractivity (Wildman–Crippen MR) is 79.5 cm³/mol. The molecule has 90 valence electrons. The Morgan fingerprint density at radius 1 is 1.35 bits per heavy atom. The van der Waals surface area contributed by atoms with Gasteiger partial charge in [-0.15, -0.1) is 11.3 Å². The third-order valence-corrected chi connectivity index (χ3v) is 4.28. The van der Waals surface area contributed by atoms with Gasteiger partial charge in [-0.3, -0.25) is 0 Å². The molecule has 2 heterocycles. The normalized spacial score (nSPS) is 10.5. The summed E-state index contributed by atoms with van der Waals surface area (Å²) in [6.45, 7) is 3.03. The van der Waals surface area contributed by atoms with E-state index in [1.807, 2.05) is 12.1 Å². The van der Waals surface area contributed by atoms with Crippen LogP contribution in [0.2, 0.25) is 0 Å². The van der Waals surface area contributed by atoms with Crippen LogP contribution in [0.1, 0.15) is 13.3 Å². The number of nitrogens with zero attached hydrogens (tertiary/aromatic N) is 2. The predicted octanol–water partition coefficient (Wildman–Crippen LogP) is 4.55. The highest BCUT2D eigenvalue weighted by Crippen LogP contribution is 2.30. The van der Waals surface area contributed by atoms with Crippen LogP contribution in [0.3, 0.4) is 0 Å². The maximum absolute atomic E-state index is 4.51. The molecule has 0 spiro atoms. The highest BCUT2D eigenvalue weighted by Gasteiger charge is 2.08. The molecule has 2 rings (SSSR count). The summed E-state index contributed by atoms with van der Waals surface area (Å²) in [5, 5.41) is 3.27. The number of halogens is 2. The quantitative estimate of drug-likeness (QED) is 0.850. The zero-order valence-electron chi connectivity index (χ0n) is 9.20. The van der Waals surface area contributed by atoms with Gasteiger partial charge in [0.05, 0.1) is 13.1 Å². The van der Waals surface area contributed by atoms with Crippen molar-refractivity contribution in [2.45, 2.75) is 13.3 Å². The summed E-state index contributed by atoms with van der Waals surface area (Å²) >= 11 is 8.52. The molecule has 0 radical (unpaired) electrons. The fraction of sp³-hybridized carbons (Fsp3) is 0.273. The molecule has 0 aliphatic rings. The lowest BCUT2D eigenvalue weighted by atomic mass is 10.4. The summed E-state index contributed by atoms with van der Waals surface area (Å²) in [7, 11) is 0. The van der Waals surface area contributed by atoms with E-state index in [1.54, 1.807) is 17.5 Å². The van der Waals surface area contributed by atoms with Gasteiger partial charge in [0.25, 0.3) is 0 Å². The highest BCUT2D eigenvalue weighted by molar-refractivity contribution is 9.11. The van der Waals surface area contributed by atoms with Gasteiger partial charge in [0, 0.05) is 12.7 Å². The molecule has 0 aliphatic carbocycles. The molecule has 6 heteroatoms. The van der Waals surface area contributed by atoms with Crippen molar-refractivity contribution >= 4 is 49.0 Å². The van der Waals surface area contributed by atoms with Crippen LogP contribution in [0.25, 0.3) is 10.7 Å². The van der Waals surface area contributed by atoms with Crippen LogP contribution < -0.4 is 5.32 Å². The number of thiophene rings is 1. The van der Waals surface area contributed by atoms with Crippen molar-refractivity contribution in [3.8, 4) is 10.7 Å². The van der Waals surface area contributed by atoms with E-state index < -0.39 is 0 Å². The Morgan fingerprint density at radius 2 is 2.18 bits per heavy atom. The third-order valence-electron chi connectivity index (χ3n) is 2.08. The van der Waals surface area contributed by atoms with Gasteiger partial charge in [-0.05, 0) is 50.4 Å². The molecule has 2 aromatic rings. The molecular formula is C11H11Br2N3S. The van der Waals surface area contributed by atoms with E-state index in [9.17, 15) is 0 Å². The average Bonchev–Trinajstić information content (AvgIpc) is 2.75. The van der Waals surface area contributed by atoms with E-state index >= 15 is 0 Å². The Morgan fingerprint density at radius 3 is 2.82 bits per heavy atom.